The van der Waals surface area contributed by atoms with E-state index < -0.39 is 11.8 Å². The van der Waals surface area contributed by atoms with Gasteiger partial charge in [0.05, 0.1) is 0 Å². The first-order valence-electron chi connectivity index (χ1n) is 3.79. The molecule has 0 aromatic rings. The molecule has 1 fully saturated rings. The molecule has 0 aromatic carbocycles. The van der Waals surface area contributed by atoms with E-state index in [1.807, 2.05) is 0 Å². The van der Waals surface area contributed by atoms with Crippen LogP contribution in [0.2, 0.25) is 0 Å². The van der Waals surface area contributed by atoms with Gasteiger partial charge in [0.25, 0.3) is 0 Å². The van der Waals surface area contributed by atoms with Crippen molar-refractivity contribution in [1.82, 2.24) is 15.1 Å². The highest BCUT2D eigenvalue weighted by atomic mass is 16.2. The highest BCUT2D eigenvalue weighted by Gasteiger charge is 2.26. The van der Waals surface area contributed by atoms with Crippen molar-refractivity contribution >= 4 is 17.8 Å². The molecule has 0 atom stereocenters. The minimum absolute atomic E-state index is 0.0528. The summed E-state index contributed by atoms with van der Waals surface area (Å²) in [6, 6.07) is -0.330. The zero-order chi connectivity index (χ0) is 10.0. The molecule has 72 valence electrons. The Morgan fingerprint density at radius 1 is 1.31 bits per heavy atom. The maximum atomic E-state index is 11.3. The number of hydrogen-bond acceptors (Lipinski definition) is 3. The Hall–Kier alpha value is -1.59. The van der Waals surface area contributed by atoms with Crippen LogP contribution < -0.4 is 5.32 Å². The van der Waals surface area contributed by atoms with Gasteiger partial charge in [0.1, 0.15) is 13.1 Å². The number of nitrogens with zero attached hydrogens (tertiary/aromatic N) is 2. The van der Waals surface area contributed by atoms with E-state index in [1.54, 1.807) is 14.1 Å². The summed E-state index contributed by atoms with van der Waals surface area (Å²) in [6.45, 7) is -0.106. The van der Waals surface area contributed by atoms with Crippen LogP contribution in [0.1, 0.15) is 0 Å². The fourth-order valence-electron chi connectivity index (χ4n) is 1.06. The van der Waals surface area contributed by atoms with Crippen LogP contribution in [0.15, 0.2) is 0 Å². The van der Waals surface area contributed by atoms with E-state index in [2.05, 4.69) is 5.32 Å². The molecular formula is C7H11N3O3. The lowest BCUT2D eigenvalue weighted by atomic mass is 10.3. The van der Waals surface area contributed by atoms with E-state index in [-0.39, 0.29) is 19.1 Å². The number of amides is 4. The average Bonchev–Trinajstić information content (AvgIpc) is 2.01. The Kier molecular flexibility index (Phi) is 2.50. The summed E-state index contributed by atoms with van der Waals surface area (Å²) in [5, 5.41) is 2.11. The highest BCUT2D eigenvalue weighted by molar-refractivity contribution is 6.02. The number of rotatable bonds is 0. The van der Waals surface area contributed by atoms with Gasteiger partial charge in [-0.2, -0.15) is 0 Å². The zero-order valence-electron chi connectivity index (χ0n) is 7.53. The fraction of sp³-hybridized carbons (Fsp3) is 0.571. The standard InChI is InChI=1S/C7H11N3O3/c1-9(2)7(13)10-3-5(11)8-6(12)4-10/h3-4H2,1-2H3,(H,8,11,12). The van der Waals surface area contributed by atoms with Gasteiger partial charge in [0.2, 0.25) is 11.8 Å². The maximum absolute atomic E-state index is 11.3. The topological polar surface area (TPSA) is 69.7 Å². The predicted octanol–water partition coefficient (Wildman–Crippen LogP) is -1.37. The molecule has 0 aliphatic carbocycles. The van der Waals surface area contributed by atoms with Crippen LogP contribution in [0.4, 0.5) is 4.79 Å². The molecule has 0 spiro atoms. The molecule has 4 amide bonds. The number of imide groups is 1. The molecule has 0 aromatic heterocycles. The summed E-state index contributed by atoms with van der Waals surface area (Å²) in [7, 11) is 3.14. The molecule has 0 saturated carbocycles. The molecule has 6 heteroatoms. The van der Waals surface area contributed by atoms with Crippen molar-refractivity contribution in [3.05, 3.63) is 0 Å². The van der Waals surface area contributed by atoms with Crippen LogP contribution in [0.3, 0.4) is 0 Å². The van der Waals surface area contributed by atoms with E-state index >= 15 is 0 Å². The van der Waals surface area contributed by atoms with Crippen molar-refractivity contribution in [2.45, 2.75) is 0 Å². The summed E-state index contributed by atoms with van der Waals surface area (Å²) < 4.78 is 0. The summed E-state index contributed by atoms with van der Waals surface area (Å²) in [5.41, 5.74) is 0. The Morgan fingerprint density at radius 2 is 1.77 bits per heavy atom. The van der Waals surface area contributed by atoms with Crippen molar-refractivity contribution < 1.29 is 14.4 Å². The molecule has 6 nitrogen and oxygen atoms in total. The summed E-state index contributed by atoms with van der Waals surface area (Å²) in [5.74, 6) is -0.877. The van der Waals surface area contributed by atoms with Crippen LogP contribution in [0, 0.1) is 0 Å². The molecule has 1 N–H and O–H groups in total. The number of carbonyl (C=O) groups excluding carboxylic acids is 3. The van der Waals surface area contributed by atoms with Crippen LogP contribution in [0.5, 0.6) is 0 Å². The number of piperazine rings is 1. The second-order valence-electron chi connectivity index (χ2n) is 3.00. The molecule has 1 aliphatic heterocycles. The van der Waals surface area contributed by atoms with Crippen LogP contribution in [-0.2, 0) is 9.59 Å². The van der Waals surface area contributed by atoms with Gasteiger partial charge in [0.15, 0.2) is 0 Å². The normalized spacial score (nSPS) is 16.9. The Morgan fingerprint density at radius 3 is 2.15 bits per heavy atom. The van der Waals surface area contributed by atoms with E-state index in [0.717, 1.165) is 0 Å². The van der Waals surface area contributed by atoms with E-state index in [9.17, 15) is 14.4 Å². The second-order valence-corrected chi connectivity index (χ2v) is 3.00. The van der Waals surface area contributed by atoms with Crippen LogP contribution >= 0.6 is 0 Å². The number of hydrogen-bond donors (Lipinski definition) is 1. The van der Waals surface area contributed by atoms with Gasteiger partial charge < -0.3 is 9.80 Å². The quantitative estimate of drug-likeness (QED) is 0.473. The number of nitrogens with one attached hydrogen (secondary N) is 1. The van der Waals surface area contributed by atoms with Crippen LogP contribution in [0.25, 0.3) is 0 Å². The van der Waals surface area contributed by atoms with E-state index in [1.165, 1.54) is 9.80 Å². The molecular weight excluding hydrogens is 174 g/mol. The van der Waals surface area contributed by atoms with Crippen molar-refractivity contribution in [2.75, 3.05) is 27.2 Å². The fourth-order valence-corrected chi connectivity index (χ4v) is 1.06. The highest BCUT2D eigenvalue weighted by Crippen LogP contribution is 1.98. The molecule has 0 unspecified atom stereocenters. The lowest BCUT2D eigenvalue weighted by molar-refractivity contribution is -0.135. The lowest BCUT2D eigenvalue weighted by Gasteiger charge is -2.27. The summed E-state index contributed by atoms with van der Waals surface area (Å²) in [4.78, 5) is 35.6. The van der Waals surface area contributed by atoms with Crippen molar-refractivity contribution in [1.29, 1.82) is 0 Å². The zero-order valence-corrected chi connectivity index (χ0v) is 7.53. The third kappa shape index (κ3) is 2.17. The van der Waals surface area contributed by atoms with E-state index in [0.29, 0.717) is 0 Å². The van der Waals surface area contributed by atoms with E-state index in [4.69, 9.17) is 0 Å². The number of urea groups is 1. The van der Waals surface area contributed by atoms with Gasteiger partial charge in [-0.3, -0.25) is 14.9 Å². The molecule has 1 aliphatic rings. The van der Waals surface area contributed by atoms with Crippen molar-refractivity contribution in [2.24, 2.45) is 0 Å². The first-order valence-corrected chi connectivity index (χ1v) is 3.79. The third-order valence-electron chi connectivity index (χ3n) is 1.60. The minimum atomic E-state index is -0.438. The molecule has 1 rings (SSSR count). The van der Waals surface area contributed by atoms with Crippen molar-refractivity contribution in [3.63, 3.8) is 0 Å². The van der Waals surface area contributed by atoms with Gasteiger partial charge >= 0.3 is 6.03 Å². The first kappa shape index (κ1) is 9.50. The lowest BCUT2D eigenvalue weighted by Crippen LogP contribution is -2.55. The summed E-state index contributed by atoms with van der Waals surface area (Å²) in [6.07, 6.45) is 0. The second kappa shape index (κ2) is 3.42. The maximum Gasteiger partial charge on any atom is 0.320 e. The average molecular weight is 185 g/mol. The largest absolute Gasteiger partial charge is 0.331 e. The smallest absolute Gasteiger partial charge is 0.320 e. The monoisotopic (exact) mass is 185 g/mol. The molecule has 1 heterocycles. The van der Waals surface area contributed by atoms with Crippen LogP contribution in [-0.4, -0.2) is 54.8 Å². The molecule has 0 bridgehead atoms. The first-order chi connectivity index (χ1) is 6.00. The molecule has 13 heavy (non-hydrogen) atoms. The SMILES string of the molecule is CN(C)C(=O)N1CC(=O)NC(=O)C1. The minimum Gasteiger partial charge on any atom is -0.331 e. The Balaban J connectivity index is 2.65. The Bertz CT molecular complexity index is 246. The van der Waals surface area contributed by atoms with Gasteiger partial charge in [-0.25, -0.2) is 4.79 Å². The van der Waals surface area contributed by atoms with Gasteiger partial charge in [-0.05, 0) is 0 Å². The number of carbonyl (C=O) groups is 3. The Labute approximate surface area is 75.5 Å². The summed E-state index contributed by atoms with van der Waals surface area (Å²) >= 11 is 0. The molecule has 0 radical (unpaired) electrons. The van der Waals surface area contributed by atoms with Gasteiger partial charge in [-0.15, -0.1) is 0 Å². The molecule has 1 saturated heterocycles. The van der Waals surface area contributed by atoms with Gasteiger partial charge in [0, 0.05) is 14.1 Å². The van der Waals surface area contributed by atoms with Crippen molar-refractivity contribution in [3.8, 4) is 0 Å². The van der Waals surface area contributed by atoms with Gasteiger partial charge in [-0.1, -0.05) is 0 Å². The predicted molar refractivity (Wildman–Crippen MR) is 43.8 cm³/mol. The third-order valence-corrected chi connectivity index (χ3v) is 1.60.